The molecule has 0 aliphatic carbocycles. The topological polar surface area (TPSA) is 47.6 Å². The molecule has 2 aromatic carbocycles. The number of thiophene rings is 1. The Morgan fingerprint density at radius 2 is 1.92 bits per heavy atom. The van der Waals surface area contributed by atoms with Gasteiger partial charge in [-0.25, -0.2) is 0 Å². The molecule has 0 saturated heterocycles. The molecule has 0 unspecified atom stereocenters. The van der Waals surface area contributed by atoms with Crippen LogP contribution in [0.4, 0.5) is 5.69 Å². The normalized spacial score (nSPS) is 12.5. The average molecular weight is 388 g/mol. The van der Waals surface area contributed by atoms with Gasteiger partial charge < -0.3 is 14.8 Å². The van der Waals surface area contributed by atoms with E-state index in [4.69, 9.17) is 21.1 Å². The van der Waals surface area contributed by atoms with Gasteiger partial charge in [0, 0.05) is 21.8 Å². The van der Waals surface area contributed by atoms with Crippen LogP contribution >= 0.6 is 22.9 Å². The van der Waals surface area contributed by atoms with Crippen molar-refractivity contribution in [2.75, 3.05) is 12.1 Å². The van der Waals surface area contributed by atoms with Crippen LogP contribution < -0.4 is 14.8 Å². The van der Waals surface area contributed by atoms with Crippen molar-refractivity contribution >= 4 is 44.6 Å². The first-order valence-corrected chi connectivity index (χ1v) is 9.77. The molecule has 4 rings (SSSR count). The van der Waals surface area contributed by atoms with Crippen molar-refractivity contribution in [1.29, 1.82) is 0 Å². The molecule has 1 aliphatic heterocycles. The first-order chi connectivity index (χ1) is 12.7. The van der Waals surface area contributed by atoms with Crippen molar-refractivity contribution in [2.24, 2.45) is 0 Å². The van der Waals surface area contributed by atoms with Gasteiger partial charge in [-0.1, -0.05) is 37.1 Å². The monoisotopic (exact) mass is 387 g/mol. The van der Waals surface area contributed by atoms with E-state index in [1.165, 1.54) is 29.7 Å². The number of fused-ring (bicyclic) bond motifs is 2. The van der Waals surface area contributed by atoms with Gasteiger partial charge in [-0.15, -0.1) is 11.3 Å². The maximum atomic E-state index is 12.7. The van der Waals surface area contributed by atoms with E-state index in [0.29, 0.717) is 21.4 Å². The van der Waals surface area contributed by atoms with E-state index < -0.39 is 0 Å². The standard InChI is InChI=1S/C20H18ClNO3S/c1-2-3-4-12-5-7-13(8-6-12)22-20(23)19-18(21)14-9-15-16(25-11-24-15)10-17(14)26-19/h5-10H,2-4,11H2,1H3,(H,22,23). The number of hydrogen-bond donors (Lipinski definition) is 1. The largest absolute Gasteiger partial charge is 0.454 e. The molecule has 0 bridgehead atoms. The highest BCUT2D eigenvalue weighted by atomic mass is 35.5. The number of unbranched alkanes of at least 4 members (excludes halogenated alkanes) is 1. The number of aryl methyl sites for hydroxylation is 1. The molecule has 4 nitrogen and oxygen atoms in total. The summed E-state index contributed by atoms with van der Waals surface area (Å²) < 4.78 is 11.7. The van der Waals surface area contributed by atoms with E-state index in [-0.39, 0.29) is 12.7 Å². The van der Waals surface area contributed by atoms with E-state index in [0.717, 1.165) is 22.2 Å². The zero-order chi connectivity index (χ0) is 18.1. The highest BCUT2D eigenvalue weighted by molar-refractivity contribution is 7.21. The van der Waals surface area contributed by atoms with Crippen LogP contribution in [0.3, 0.4) is 0 Å². The lowest BCUT2D eigenvalue weighted by atomic mass is 10.1. The van der Waals surface area contributed by atoms with Crippen LogP contribution in [0, 0.1) is 0 Å². The number of halogens is 1. The summed E-state index contributed by atoms with van der Waals surface area (Å²) >= 11 is 7.81. The number of benzene rings is 2. The van der Waals surface area contributed by atoms with Crippen molar-refractivity contribution in [2.45, 2.75) is 26.2 Å². The summed E-state index contributed by atoms with van der Waals surface area (Å²) in [6.07, 6.45) is 3.39. The first-order valence-electron chi connectivity index (χ1n) is 8.57. The molecule has 2 heterocycles. The third-order valence-electron chi connectivity index (χ3n) is 4.36. The Labute approximate surface area is 160 Å². The van der Waals surface area contributed by atoms with Crippen LogP contribution in [0.25, 0.3) is 10.1 Å². The molecule has 0 atom stereocenters. The quantitative estimate of drug-likeness (QED) is 0.594. The molecule has 1 aromatic heterocycles. The molecule has 0 fully saturated rings. The number of rotatable bonds is 5. The van der Waals surface area contributed by atoms with Gasteiger partial charge in [0.2, 0.25) is 6.79 Å². The Kier molecular flexibility index (Phi) is 4.74. The molecule has 0 spiro atoms. The number of hydrogen-bond acceptors (Lipinski definition) is 4. The average Bonchev–Trinajstić information content (AvgIpc) is 3.23. The summed E-state index contributed by atoms with van der Waals surface area (Å²) in [5.41, 5.74) is 2.04. The van der Waals surface area contributed by atoms with Crippen molar-refractivity contribution in [3.63, 3.8) is 0 Å². The van der Waals surface area contributed by atoms with Crippen LogP contribution in [0.2, 0.25) is 5.02 Å². The van der Waals surface area contributed by atoms with Gasteiger partial charge in [0.1, 0.15) is 4.88 Å². The molecule has 1 N–H and O–H groups in total. The van der Waals surface area contributed by atoms with E-state index in [1.54, 1.807) is 0 Å². The smallest absolute Gasteiger partial charge is 0.267 e. The van der Waals surface area contributed by atoms with Crippen molar-refractivity contribution in [3.05, 3.63) is 51.9 Å². The SMILES string of the molecule is CCCCc1ccc(NC(=O)c2sc3cc4c(cc3c2Cl)OCO4)cc1. The molecule has 0 radical (unpaired) electrons. The number of carbonyl (C=O) groups is 1. The number of ether oxygens (including phenoxy) is 2. The molecule has 26 heavy (non-hydrogen) atoms. The van der Waals surface area contributed by atoms with Crippen molar-refractivity contribution in [3.8, 4) is 11.5 Å². The molecule has 134 valence electrons. The highest BCUT2D eigenvalue weighted by Gasteiger charge is 2.22. The lowest BCUT2D eigenvalue weighted by Gasteiger charge is -2.06. The molecule has 1 amide bonds. The molecule has 6 heteroatoms. The van der Waals surface area contributed by atoms with Crippen LogP contribution in [0.5, 0.6) is 11.5 Å². The van der Waals surface area contributed by atoms with Gasteiger partial charge in [-0.2, -0.15) is 0 Å². The third kappa shape index (κ3) is 3.24. The zero-order valence-electron chi connectivity index (χ0n) is 14.3. The van der Waals surface area contributed by atoms with Crippen LogP contribution in [-0.4, -0.2) is 12.7 Å². The number of nitrogens with one attached hydrogen (secondary N) is 1. The summed E-state index contributed by atoms with van der Waals surface area (Å²) in [6, 6.07) is 11.7. The Morgan fingerprint density at radius 1 is 1.19 bits per heavy atom. The Hall–Kier alpha value is -2.24. The van der Waals surface area contributed by atoms with E-state index >= 15 is 0 Å². The van der Waals surface area contributed by atoms with Crippen LogP contribution in [-0.2, 0) is 6.42 Å². The third-order valence-corrected chi connectivity index (χ3v) is 6.02. The second-order valence-corrected chi connectivity index (χ2v) is 7.63. The molecular weight excluding hydrogens is 370 g/mol. The fourth-order valence-corrected chi connectivity index (χ4v) is 4.34. The maximum Gasteiger partial charge on any atom is 0.267 e. The minimum atomic E-state index is -0.209. The minimum absolute atomic E-state index is 0.209. The fraction of sp³-hybridized carbons (Fsp3) is 0.250. The van der Waals surface area contributed by atoms with Crippen LogP contribution in [0.1, 0.15) is 35.0 Å². The summed E-state index contributed by atoms with van der Waals surface area (Å²) in [7, 11) is 0. The Bertz CT molecular complexity index is 965. The predicted molar refractivity (Wildman–Crippen MR) is 106 cm³/mol. The van der Waals surface area contributed by atoms with Gasteiger partial charge in [0.05, 0.1) is 5.02 Å². The lowest BCUT2D eigenvalue weighted by molar-refractivity contribution is 0.103. The summed E-state index contributed by atoms with van der Waals surface area (Å²) in [5.74, 6) is 1.14. The summed E-state index contributed by atoms with van der Waals surface area (Å²) in [4.78, 5) is 13.2. The van der Waals surface area contributed by atoms with Gasteiger partial charge in [0.15, 0.2) is 11.5 Å². The Balaban J connectivity index is 1.55. The summed E-state index contributed by atoms with van der Waals surface area (Å²) in [6.45, 7) is 2.39. The second kappa shape index (κ2) is 7.17. The van der Waals surface area contributed by atoms with Gasteiger partial charge in [-0.3, -0.25) is 4.79 Å². The number of amides is 1. The number of anilines is 1. The summed E-state index contributed by atoms with van der Waals surface area (Å²) in [5, 5.41) is 4.18. The first kappa shape index (κ1) is 17.2. The maximum absolute atomic E-state index is 12.7. The highest BCUT2D eigenvalue weighted by Crippen LogP contribution is 2.43. The van der Waals surface area contributed by atoms with E-state index in [1.807, 2.05) is 24.3 Å². The van der Waals surface area contributed by atoms with Gasteiger partial charge in [-0.05, 0) is 36.6 Å². The molecule has 0 saturated carbocycles. The number of carbonyl (C=O) groups excluding carboxylic acids is 1. The van der Waals surface area contributed by atoms with E-state index in [9.17, 15) is 4.79 Å². The molecule has 3 aromatic rings. The molecular formula is C20H18ClNO3S. The Morgan fingerprint density at radius 3 is 2.65 bits per heavy atom. The van der Waals surface area contributed by atoms with Gasteiger partial charge >= 0.3 is 0 Å². The second-order valence-electron chi connectivity index (χ2n) is 6.20. The van der Waals surface area contributed by atoms with Crippen molar-refractivity contribution < 1.29 is 14.3 Å². The lowest BCUT2D eigenvalue weighted by Crippen LogP contribution is -2.10. The van der Waals surface area contributed by atoms with Gasteiger partial charge in [0.25, 0.3) is 5.91 Å². The minimum Gasteiger partial charge on any atom is -0.454 e. The predicted octanol–water partition coefficient (Wildman–Crippen LogP) is 5.88. The van der Waals surface area contributed by atoms with E-state index in [2.05, 4.69) is 24.4 Å². The zero-order valence-corrected chi connectivity index (χ0v) is 15.9. The fourth-order valence-electron chi connectivity index (χ4n) is 2.93. The molecule has 1 aliphatic rings. The van der Waals surface area contributed by atoms with Crippen molar-refractivity contribution in [1.82, 2.24) is 0 Å². The van der Waals surface area contributed by atoms with Crippen LogP contribution in [0.15, 0.2) is 36.4 Å².